The third-order valence-electron chi connectivity index (χ3n) is 4.90. The first-order chi connectivity index (χ1) is 12.1. The van der Waals surface area contributed by atoms with Gasteiger partial charge in [0.1, 0.15) is 0 Å². The fraction of sp³-hybridized carbons (Fsp3) is 0.400. The van der Waals surface area contributed by atoms with Crippen LogP contribution in [-0.2, 0) is 19.7 Å². The molecule has 25 heavy (non-hydrogen) atoms. The first-order valence-electron chi connectivity index (χ1n) is 8.64. The van der Waals surface area contributed by atoms with Crippen molar-refractivity contribution in [3.05, 3.63) is 70.3 Å². The molecular weight excluding hydrogens is 322 g/mol. The molecule has 1 saturated heterocycles. The Balaban J connectivity index is 1.56. The topological polar surface area (TPSA) is 26.7 Å². The summed E-state index contributed by atoms with van der Waals surface area (Å²) in [6.07, 6.45) is 0. The molecule has 2 aromatic carbocycles. The lowest BCUT2D eigenvalue weighted by Crippen LogP contribution is -2.45. The van der Waals surface area contributed by atoms with Gasteiger partial charge in [0, 0.05) is 44.8 Å². The summed E-state index contributed by atoms with van der Waals surface area (Å²) >= 11 is 0. The lowest BCUT2D eigenvalue weighted by Gasteiger charge is -2.35. The molecule has 1 heterocycles. The largest absolute Gasteiger partial charge is 0.392 e. The number of aliphatic hydroxyl groups excluding tert-OH is 1. The molecule has 0 saturated carbocycles. The Labute approximate surface area is 147 Å². The Morgan fingerprint density at radius 1 is 0.800 bits per heavy atom. The average molecular weight is 346 g/mol. The number of hydrogen-bond acceptors (Lipinski definition) is 3. The predicted molar refractivity (Wildman–Crippen MR) is 94.0 cm³/mol. The van der Waals surface area contributed by atoms with Gasteiger partial charge in [0.05, 0.1) is 6.61 Å². The van der Waals surface area contributed by atoms with Crippen LogP contribution in [0.4, 0.5) is 8.78 Å². The molecule has 1 aliphatic heterocycles. The highest BCUT2D eigenvalue weighted by atomic mass is 19.2. The summed E-state index contributed by atoms with van der Waals surface area (Å²) in [5.74, 6) is -1.46. The maximum absolute atomic E-state index is 14.0. The standard InChI is InChI=1S/C20H24F2N2O/c1-15-6-7-17(20(22)19(15)21)13-24-10-8-23(9-11-24)12-16-4-2-3-5-18(16)14-25/h2-7,25H,8-14H2,1H3. The van der Waals surface area contributed by atoms with Crippen LogP contribution in [0.5, 0.6) is 0 Å². The summed E-state index contributed by atoms with van der Waals surface area (Å²) in [4.78, 5) is 4.48. The van der Waals surface area contributed by atoms with Gasteiger partial charge in [-0.1, -0.05) is 36.4 Å². The molecule has 5 heteroatoms. The monoisotopic (exact) mass is 346 g/mol. The van der Waals surface area contributed by atoms with Crippen molar-refractivity contribution in [1.29, 1.82) is 0 Å². The molecule has 1 aliphatic rings. The third kappa shape index (κ3) is 4.24. The smallest absolute Gasteiger partial charge is 0.163 e. The van der Waals surface area contributed by atoms with Gasteiger partial charge in [-0.05, 0) is 23.6 Å². The molecule has 1 N–H and O–H groups in total. The zero-order valence-electron chi connectivity index (χ0n) is 14.5. The summed E-state index contributed by atoms with van der Waals surface area (Å²) in [7, 11) is 0. The number of halogens is 2. The number of piperazine rings is 1. The number of aryl methyl sites for hydroxylation is 1. The summed E-state index contributed by atoms with van der Waals surface area (Å²) < 4.78 is 27.7. The van der Waals surface area contributed by atoms with Crippen LogP contribution in [0.1, 0.15) is 22.3 Å². The van der Waals surface area contributed by atoms with E-state index in [0.717, 1.165) is 43.9 Å². The van der Waals surface area contributed by atoms with Crippen molar-refractivity contribution in [2.75, 3.05) is 26.2 Å². The minimum absolute atomic E-state index is 0.0500. The lowest BCUT2D eigenvalue weighted by molar-refractivity contribution is 0.120. The maximum Gasteiger partial charge on any atom is 0.163 e. The molecule has 3 nitrogen and oxygen atoms in total. The van der Waals surface area contributed by atoms with Gasteiger partial charge >= 0.3 is 0 Å². The second kappa shape index (κ2) is 8.04. The molecule has 0 aliphatic carbocycles. The van der Waals surface area contributed by atoms with Gasteiger partial charge in [-0.15, -0.1) is 0 Å². The van der Waals surface area contributed by atoms with E-state index in [1.165, 1.54) is 0 Å². The molecule has 134 valence electrons. The summed E-state index contributed by atoms with van der Waals surface area (Å²) in [5.41, 5.74) is 2.86. The fourth-order valence-corrected chi connectivity index (χ4v) is 3.26. The van der Waals surface area contributed by atoms with E-state index in [9.17, 15) is 13.9 Å². The molecule has 0 unspecified atom stereocenters. The van der Waals surface area contributed by atoms with Crippen molar-refractivity contribution in [2.45, 2.75) is 26.6 Å². The number of nitrogens with zero attached hydrogens (tertiary/aromatic N) is 2. The second-order valence-corrected chi connectivity index (χ2v) is 6.65. The van der Waals surface area contributed by atoms with E-state index >= 15 is 0 Å². The molecule has 0 radical (unpaired) electrons. The zero-order valence-corrected chi connectivity index (χ0v) is 14.5. The van der Waals surface area contributed by atoms with Gasteiger partial charge < -0.3 is 5.11 Å². The van der Waals surface area contributed by atoms with Gasteiger partial charge in [-0.25, -0.2) is 8.78 Å². The molecule has 0 spiro atoms. The highest BCUT2D eigenvalue weighted by molar-refractivity contribution is 5.27. The van der Waals surface area contributed by atoms with E-state index in [0.29, 0.717) is 17.7 Å². The quantitative estimate of drug-likeness (QED) is 0.901. The van der Waals surface area contributed by atoms with Gasteiger partial charge in [0.25, 0.3) is 0 Å². The molecule has 1 fully saturated rings. The van der Waals surface area contributed by atoms with E-state index in [-0.39, 0.29) is 6.61 Å². The van der Waals surface area contributed by atoms with E-state index < -0.39 is 11.6 Å². The molecule has 0 bridgehead atoms. The van der Waals surface area contributed by atoms with Gasteiger partial charge in [-0.3, -0.25) is 9.80 Å². The van der Waals surface area contributed by atoms with E-state index in [1.54, 1.807) is 19.1 Å². The van der Waals surface area contributed by atoms with Crippen molar-refractivity contribution >= 4 is 0 Å². The van der Waals surface area contributed by atoms with E-state index in [2.05, 4.69) is 9.80 Å². The van der Waals surface area contributed by atoms with Gasteiger partial charge in [0.2, 0.25) is 0 Å². The Bertz CT molecular complexity index is 728. The summed E-state index contributed by atoms with van der Waals surface area (Å²) in [5, 5.41) is 9.43. The Hall–Kier alpha value is -1.82. The molecule has 0 amide bonds. The summed E-state index contributed by atoms with van der Waals surface area (Å²) in [6.45, 7) is 6.24. The van der Waals surface area contributed by atoms with E-state index in [1.807, 2.05) is 24.3 Å². The van der Waals surface area contributed by atoms with Crippen molar-refractivity contribution in [1.82, 2.24) is 9.80 Å². The SMILES string of the molecule is Cc1ccc(CN2CCN(Cc3ccccc3CO)CC2)c(F)c1F. The van der Waals surface area contributed by atoms with Crippen molar-refractivity contribution < 1.29 is 13.9 Å². The number of benzene rings is 2. The fourth-order valence-electron chi connectivity index (χ4n) is 3.26. The maximum atomic E-state index is 14.0. The first-order valence-corrected chi connectivity index (χ1v) is 8.64. The van der Waals surface area contributed by atoms with Crippen molar-refractivity contribution in [3.63, 3.8) is 0 Å². The first kappa shape index (κ1) is 18.0. The number of aliphatic hydroxyl groups is 1. The predicted octanol–water partition coefficient (Wildman–Crippen LogP) is 3.08. The minimum atomic E-state index is -0.739. The molecule has 3 rings (SSSR count). The van der Waals surface area contributed by atoms with Gasteiger partial charge in [-0.2, -0.15) is 0 Å². The highest BCUT2D eigenvalue weighted by Gasteiger charge is 2.20. The Kier molecular flexibility index (Phi) is 5.78. The van der Waals surface area contributed by atoms with Crippen LogP contribution in [0.3, 0.4) is 0 Å². The summed E-state index contributed by atoms with van der Waals surface area (Å²) in [6, 6.07) is 11.2. The molecule has 0 atom stereocenters. The van der Waals surface area contributed by atoms with E-state index in [4.69, 9.17) is 0 Å². The van der Waals surface area contributed by atoms with Crippen molar-refractivity contribution in [3.8, 4) is 0 Å². The Morgan fingerprint density at radius 3 is 1.96 bits per heavy atom. The van der Waals surface area contributed by atoms with Crippen LogP contribution < -0.4 is 0 Å². The van der Waals surface area contributed by atoms with Crippen LogP contribution in [-0.4, -0.2) is 41.1 Å². The molecule has 0 aromatic heterocycles. The lowest BCUT2D eigenvalue weighted by atomic mass is 10.1. The van der Waals surface area contributed by atoms with Crippen LogP contribution in [0, 0.1) is 18.6 Å². The zero-order chi connectivity index (χ0) is 17.8. The highest BCUT2D eigenvalue weighted by Crippen LogP contribution is 2.19. The Morgan fingerprint density at radius 2 is 1.36 bits per heavy atom. The third-order valence-corrected chi connectivity index (χ3v) is 4.90. The van der Waals surface area contributed by atoms with Crippen LogP contribution in [0.15, 0.2) is 36.4 Å². The number of rotatable bonds is 5. The molecular formula is C20H24F2N2O. The second-order valence-electron chi connectivity index (χ2n) is 6.65. The van der Waals surface area contributed by atoms with Gasteiger partial charge in [0.15, 0.2) is 11.6 Å². The van der Waals surface area contributed by atoms with Crippen LogP contribution >= 0.6 is 0 Å². The number of hydrogen-bond donors (Lipinski definition) is 1. The van der Waals surface area contributed by atoms with Crippen LogP contribution in [0.25, 0.3) is 0 Å². The van der Waals surface area contributed by atoms with Crippen LogP contribution in [0.2, 0.25) is 0 Å². The van der Waals surface area contributed by atoms with Crippen molar-refractivity contribution in [2.24, 2.45) is 0 Å². The minimum Gasteiger partial charge on any atom is -0.392 e. The normalized spacial score (nSPS) is 16.3. The molecule has 2 aromatic rings. The average Bonchev–Trinajstić information content (AvgIpc) is 2.64.